The highest BCUT2D eigenvalue weighted by molar-refractivity contribution is 7.78. The molecule has 0 amide bonds. The summed E-state index contributed by atoms with van der Waals surface area (Å²) in [5.74, 6) is 0. The van der Waals surface area contributed by atoms with E-state index in [1.165, 1.54) is 4.52 Å². The topological polar surface area (TPSA) is 40.3 Å². The molecule has 4 nitrogen and oxygen atoms in total. The molecule has 0 aliphatic carbocycles. The first kappa shape index (κ1) is 19.9. The van der Waals surface area contributed by atoms with Gasteiger partial charge in [0.25, 0.3) is 0 Å². The molecule has 0 radical (unpaired) electrons. The zero-order valence-corrected chi connectivity index (χ0v) is 12.4. The monoisotopic (exact) mass is 410 g/mol. The van der Waals surface area contributed by atoms with Crippen molar-refractivity contribution < 1.29 is 47.3 Å². The van der Waals surface area contributed by atoms with Gasteiger partial charge >= 0.3 is 35.7 Å². The quantitative estimate of drug-likeness (QED) is 0.361. The third-order valence-corrected chi connectivity index (χ3v) is 8.01. The van der Waals surface area contributed by atoms with Gasteiger partial charge in [0.05, 0.1) is 0 Å². The maximum atomic E-state index is 14.0. The summed E-state index contributed by atoms with van der Waals surface area (Å²) in [6.07, 6.45) is -11.0. The molecule has 1 rings (SSSR count). The third-order valence-electron chi connectivity index (χ3n) is 1.74. The molecular formula is C4H4F11N4P3. The molecule has 1 aliphatic rings. The van der Waals surface area contributed by atoms with Crippen molar-refractivity contribution >= 4 is 23.3 Å². The summed E-state index contributed by atoms with van der Waals surface area (Å²) in [7, 11) is -19.1. The van der Waals surface area contributed by atoms with Crippen LogP contribution in [0.3, 0.4) is 0 Å². The van der Waals surface area contributed by atoms with Crippen molar-refractivity contribution in [1.29, 1.82) is 0 Å². The van der Waals surface area contributed by atoms with Crippen LogP contribution in [0.1, 0.15) is 0 Å². The van der Waals surface area contributed by atoms with Crippen molar-refractivity contribution in [3.8, 4) is 0 Å². The zero-order chi connectivity index (χ0) is 17.6. The van der Waals surface area contributed by atoms with E-state index in [-0.39, 0.29) is 0 Å². The van der Waals surface area contributed by atoms with Crippen molar-refractivity contribution in [3.63, 3.8) is 0 Å². The summed E-state index contributed by atoms with van der Waals surface area (Å²) < 4.78 is 142. The fraction of sp³-hybridized carbons (Fsp3) is 1.00. The Balaban J connectivity index is 3.44. The lowest BCUT2D eigenvalue weighted by Gasteiger charge is -2.29. The second-order valence-corrected chi connectivity index (χ2v) is 9.25. The van der Waals surface area contributed by atoms with Gasteiger partial charge in [0, 0.05) is 0 Å². The molecule has 0 spiro atoms. The van der Waals surface area contributed by atoms with Gasteiger partial charge in [-0.1, -0.05) is 0 Å². The van der Waals surface area contributed by atoms with E-state index in [4.69, 9.17) is 0 Å². The SMILES string of the molecule is FC(F)(F)CN(CC(F)(F)F)P1(F)=NP(F)(F)=NP(F)(F)=N1. The molecule has 0 aromatic carbocycles. The highest BCUT2D eigenvalue weighted by Crippen LogP contribution is 2.82. The predicted molar refractivity (Wildman–Crippen MR) is 57.3 cm³/mol. The molecule has 0 aromatic rings. The van der Waals surface area contributed by atoms with Gasteiger partial charge in [-0.2, -0.15) is 30.5 Å². The molecule has 0 saturated carbocycles. The van der Waals surface area contributed by atoms with Crippen LogP contribution in [0.5, 0.6) is 0 Å². The van der Waals surface area contributed by atoms with Crippen molar-refractivity contribution in [3.05, 3.63) is 0 Å². The second kappa shape index (κ2) is 5.75. The fourth-order valence-electron chi connectivity index (χ4n) is 1.22. The van der Waals surface area contributed by atoms with Crippen LogP contribution < -0.4 is 0 Å². The first-order chi connectivity index (χ1) is 9.43. The second-order valence-electron chi connectivity index (χ2n) is 3.73. The van der Waals surface area contributed by atoms with E-state index < -0.39 is 53.4 Å². The van der Waals surface area contributed by atoms with Crippen LogP contribution in [-0.2, 0) is 0 Å². The molecule has 1 aliphatic heterocycles. The lowest BCUT2D eigenvalue weighted by Crippen LogP contribution is -2.37. The van der Waals surface area contributed by atoms with Crippen molar-refractivity contribution in [1.82, 2.24) is 4.67 Å². The minimum atomic E-state index is -6.41. The summed E-state index contributed by atoms with van der Waals surface area (Å²) in [5.41, 5.74) is 0. The van der Waals surface area contributed by atoms with Gasteiger partial charge in [-0.05, 0) is 0 Å². The summed E-state index contributed by atoms with van der Waals surface area (Å²) >= 11 is 0. The molecule has 0 aromatic heterocycles. The van der Waals surface area contributed by atoms with Crippen LogP contribution in [0.15, 0.2) is 13.5 Å². The van der Waals surface area contributed by atoms with Gasteiger partial charge in [0.2, 0.25) is 0 Å². The molecule has 0 bridgehead atoms. The lowest BCUT2D eigenvalue weighted by atomic mass is 10.5. The van der Waals surface area contributed by atoms with Gasteiger partial charge in [0.15, 0.2) is 0 Å². The van der Waals surface area contributed by atoms with Crippen molar-refractivity contribution in [2.45, 2.75) is 12.4 Å². The average molecular weight is 410 g/mol. The molecule has 1 heterocycles. The maximum absolute atomic E-state index is 14.0. The predicted octanol–water partition coefficient (Wildman–Crippen LogP) is 7.11. The third kappa shape index (κ3) is 6.17. The fourth-order valence-corrected chi connectivity index (χ4v) is 7.43. The first-order valence-corrected chi connectivity index (χ1v) is 9.21. The van der Waals surface area contributed by atoms with Gasteiger partial charge in [-0.15, -0.1) is 30.3 Å². The molecule has 0 saturated heterocycles. The van der Waals surface area contributed by atoms with Crippen LogP contribution in [0.4, 0.5) is 47.3 Å². The number of halogens is 11. The van der Waals surface area contributed by atoms with Gasteiger partial charge in [-0.3, -0.25) is 0 Å². The number of hydrogen-bond acceptors (Lipinski definition) is 4. The van der Waals surface area contributed by atoms with E-state index in [0.717, 1.165) is 0 Å². The maximum Gasteiger partial charge on any atom is 0.424 e. The normalized spacial score (nSPS) is 27.8. The Kier molecular flexibility index (Phi) is 5.21. The number of hydrogen-bond donors (Lipinski definition) is 0. The minimum Gasteiger partial charge on any atom is -0.208 e. The lowest BCUT2D eigenvalue weighted by molar-refractivity contribution is -0.165. The number of alkyl halides is 6. The Hall–Kier alpha value is -0.120. The van der Waals surface area contributed by atoms with Crippen LogP contribution >= 0.6 is 23.3 Å². The Morgan fingerprint density at radius 2 is 1.00 bits per heavy atom. The molecule has 1 atom stereocenters. The Bertz CT molecular complexity index is 568. The van der Waals surface area contributed by atoms with Gasteiger partial charge in [-0.25, -0.2) is 4.67 Å². The number of nitrogens with zero attached hydrogens (tertiary/aromatic N) is 4. The number of rotatable bonds is 3. The van der Waals surface area contributed by atoms with Crippen molar-refractivity contribution in [2.24, 2.45) is 13.5 Å². The molecule has 18 heteroatoms. The van der Waals surface area contributed by atoms with E-state index >= 15 is 0 Å². The minimum absolute atomic E-state index is 1.27. The van der Waals surface area contributed by atoms with Gasteiger partial charge in [0.1, 0.15) is 13.1 Å². The van der Waals surface area contributed by atoms with Gasteiger partial charge < -0.3 is 0 Å². The highest BCUT2D eigenvalue weighted by atomic mass is 31.3. The molecule has 22 heavy (non-hydrogen) atoms. The van der Waals surface area contributed by atoms with Crippen LogP contribution in [-0.4, -0.2) is 30.1 Å². The zero-order valence-electron chi connectivity index (χ0n) is 9.70. The Labute approximate surface area is 115 Å². The van der Waals surface area contributed by atoms with E-state index in [1.54, 1.807) is 9.03 Å². The molecule has 132 valence electrons. The van der Waals surface area contributed by atoms with E-state index in [9.17, 15) is 47.3 Å². The largest absolute Gasteiger partial charge is 0.424 e. The molecule has 0 N–H and O–H groups in total. The Morgan fingerprint density at radius 3 is 1.32 bits per heavy atom. The van der Waals surface area contributed by atoms with E-state index in [1.807, 2.05) is 0 Å². The first-order valence-electron chi connectivity index (χ1n) is 4.72. The van der Waals surface area contributed by atoms with Crippen LogP contribution in [0, 0.1) is 0 Å². The average Bonchev–Trinajstić information content (AvgIpc) is 2.04. The summed E-state index contributed by atoms with van der Waals surface area (Å²) in [6, 6.07) is 0. The van der Waals surface area contributed by atoms with Crippen LogP contribution in [0.25, 0.3) is 0 Å². The standard InChI is InChI=1S/C4H4F11N4P3/c5-3(6,7)1-19(2-4(8,9)10)22(15)17-20(11,12)16-21(13,14)18-22/h1-2H2. The highest BCUT2D eigenvalue weighted by Gasteiger charge is 2.49. The Morgan fingerprint density at radius 1 is 0.636 bits per heavy atom. The summed E-state index contributed by atoms with van der Waals surface area (Å²) in [6.45, 7) is -5.44. The summed E-state index contributed by atoms with van der Waals surface area (Å²) in [5, 5.41) is 0. The molecule has 1 unspecified atom stereocenters. The summed E-state index contributed by atoms with van der Waals surface area (Å²) in [4.78, 5) is 0. The van der Waals surface area contributed by atoms with Crippen LogP contribution in [0.2, 0.25) is 0 Å². The smallest absolute Gasteiger partial charge is 0.208 e. The molecular weight excluding hydrogens is 406 g/mol. The molecule has 0 fully saturated rings. The van der Waals surface area contributed by atoms with E-state index in [2.05, 4.69) is 0 Å². The van der Waals surface area contributed by atoms with E-state index in [0.29, 0.717) is 0 Å². The van der Waals surface area contributed by atoms with Crippen molar-refractivity contribution in [2.75, 3.05) is 13.1 Å².